The SMILES string of the molecule is CCc1ccc(CC(=O)ON2C(=O)CC(S(=O)(=O)[O-])C2=O)cc1. The molecular weight excluding hydrogens is 326 g/mol. The normalized spacial score (nSPS) is 18.3. The van der Waals surface area contributed by atoms with Crippen molar-refractivity contribution in [3.63, 3.8) is 0 Å². The first-order valence-corrected chi connectivity index (χ1v) is 8.29. The van der Waals surface area contributed by atoms with Gasteiger partial charge in [-0.1, -0.05) is 31.2 Å². The van der Waals surface area contributed by atoms with E-state index >= 15 is 0 Å². The van der Waals surface area contributed by atoms with E-state index in [1.165, 1.54) is 0 Å². The molecule has 1 aliphatic rings. The number of hydrogen-bond donors (Lipinski definition) is 0. The van der Waals surface area contributed by atoms with Crippen molar-refractivity contribution in [2.75, 3.05) is 0 Å². The summed E-state index contributed by atoms with van der Waals surface area (Å²) in [5, 5.41) is -1.98. The fourth-order valence-electron chi connectivity index (χ4n) is 2.10. The van der Waals surface area contributed by atoms with Gasteiger partial charge in [0.25, 0.3) is 11.8 Å². The van der Waals surface area contributed by atoms with E-state index in [-0.39, 0.29) is 11.5 Å². The second-order valence-corrected chi connectivity index (χ2v) is 6.58. The van der Waals surface area contributed by atoms with Crippen LogP contribution >= 0.6 is 0 Å². The Hall–Kier alpha value is -2.26. The maximum absolute atomic E-state index is 11.8. The van der Waals surface area contributed by atoms with Gasteiger partial charge in [-0.25, -0.2) is 13.2 Å². The summed E-state index contributed by atoms with van der Waals surface area (Å²) < 4.78 is 32.6. The first-order valence-electron chi connectivity index (χ1n) is 6.82. The number of amides is 2. The second-order valence-electron chi connectivity index (χ2n) is 5.02. The van der Waals surface area contributed by atoms with E-state index in [1.807, 2.05) is 19.1 Å². The number of benzene rings is 1. The van der Waals surface area contributed by atoms with Crippen LogP contribution in [0.15, 0.2) is 24.3 Å². The minimum absolute atomic E-state index is 0.0584. The highest BCUT2D eigenvalue weighted by atomic mass is 32.2. The van der Waals surface area contributed by atoms with Crippen molar-refractivity contribution in [2.24, 2.45) is 0 Å². The molecule has 1 fully saturated rings. The quantitative estimate of drug-likeness (QED) is 0.543. The molecule has 0 bridgehead atoms. The number of rotatable bonds is 5. The molecule has 8 nitrogen and oxygen atoms in total. The van der Waals surface area contributed by atoms with Gasteiger partial charge in [0.05, 0.1) is 12.8 Å². The molecule has 0 spiro atoms. The van der Waals surface area contributed by atoms with Crippen LogP contribution in [0, 0.1) is 0 Å². The minimum Gasteiger partial charge on any atom is -0.747 e. The molecular formula is C14H14NO7S-. The molecule has 0 aliphatic carbocycles. The highest BCUT2D eigenvalue weighted by Crippen LogP contribution is 2.20. The van der Waals surface area contributed by atoms with Crippen molar-refractivity contribution in [1.29, 1.82) is 0 Å². The summed E-state index contributed by atoms with van der Waals surface area (Å²) in [4.78, 5) is 39.6. The van der Waals surface area contributed by atoms with Crippen LogP contribution in [0.25, 0.3) is 0 Å². The molecule has 2 rings (SSSR count). The molecule has 1 unspecified atom stereocenters. The maximum Gasteiger partial charge on any atom is 0.337 e. The summed E-state index contributed by atoms with van der Waals surface area (Å²) in [6.45, 7) is 1.98. The molecule has 1 saturated heterocycles. The van der Waals surface area contributed by atoms with Crippen molar-refractivity contribution < 1.29 is 32.2 Å². The van der Waals surface area contributed by atoms with Gasteiger partial charge in [-0.15, -0.1) is 5.06 Å². The van der Waals surface area contributed by atoms with Crippen LogP contribution in [-0.4, -0.2) is 41.1 Å². The summed E-state index contributed by atoms with van der Waals surface area (Å²) in [5.41, 5.74) is 1.69. The van der Waals surface area contributed by atoms with Crippen LogP contribution in [0.1, 0.15) is 24.5 Å². The van der Waals surface area contributed by atoms with Crippen LogP contribution < -0.4 is 0 Å². The lowest BCUT2D eigenvalue weighted by Crippen LogP contribution is -2.37. The van der Waals surface area contributed by atoms with Crippen LogP contribution in [0.5, 0.6) is 0 Å². The van der Waals surface area contributed by atoms with Crippen LogP contribution in [0.4, 0.5) is 0 Å². The van der Waals surface area contributed by atoms with Gasteiger partial charge < -0.3 is 9.39 Å². The number of imide groups is 1. The molecule has 0 aromatic heterocycles. The predicted molar refractivity (Wildman–Crippen MR) is 75.6 cm³/mol. The summed E-state index contributed by atoms with van der Waals surface area (Å²) in [6, 6.07) is 7.07. The molecule has 23 heavy (non-hydrogen) atoms. The zero-order valence-corrected chi connectivity index (χ0v) is 13.0. The topological polar surface area (TPSA) is 121 Å². The van der Waals surface area contributed by atoms with Gasteiger partial charge in [0.15, 0.2) is 0 Å². The standard InChI is InChI=1S/C14H15NO7S/c1-2-9-3-5-10(6-4-9)7-13(17)22-15-12(16)8-11(14(15)18)23(19,20)21/h3-6,11H,2,7-8H2,1H3,(H,19,20,21)/p-1. The molecule has 2 amide bonds. The van der Waals surface area contributed by atoms with Crippen LogP contribution in [0.2, 0.25) is 0 Å². The average molecular weight is 340 g/mol. The summed E-state index contributed by atoms with van der Waals surface area (Å²) >= 11 is 0. The van der Waals surface area contributed by atoms with E-state index in [9.17, 15) is 27.4 Å². The van der Waals surface area contributed by atoms with Crippen molar-refractivity contribution in [3.8, 4) is 0 Å². The number of carbonyl (C=O) groups is 3. The third-order valence-corrected chi connectivity index (χ3v) is 4.45. The van der Waals surface area contributed by atoms with Gasteiger partial charge >= 0.3 is 5.97 Å². The van der Waals surface area contributed by atoms with E-state index in [2.05, 4.69) is 4.84 Å². The van der Waals surface area contributed by atoms with Gasteiger partial charge in [0.1, 0.15) is 15.4 Å². The lowest BCUT2D eigenvalue weighted by molar-refractivity contribution is -0.196. The van der Waals surface area contributed by atoms with Crippen molar-refractivity contribution in [2.45, 2.75) is 31.4 Å². The Morgan fingerprint density at radius 3 is 2.30 bits per heavy atom. The highest BCUT2D eigenvalue weighted by molar-refractivity contribution is 7.87. The first kappa shape index (κ1) is 17.1. The smallest absolute Gasteiger partial charge is 0.337 e. The molecule has 0 radical (unpaired) electrons. The van der Waals surface area contributed by atoms with E-state index in [0.29, 0.717) is 5.56 Å². The second kappa shape index (κ2) is 6.47. The molecule has 1 heterocycles. The largest absolute Gasteiger partial charge is 0.747 e. The lowest BCUT2D eigenvalue weighted by Gasteiger charge is -2.15. The monoisotopic (exact) mass is 340 g/mol. The van der Waals surface area contributed by atoms with Gasteiger partial charge in [-0.3, -0.25) is 9.59 Å². The van der Waals surface area contributed by atoms with Crippen LogP contribution in [-0.2, 0) is 42.2 Å². The number of aryl methyl sites for hydroxylation is 1. The van der Waals surface area contributed by atoms with E-state index < -0.39 is 39.6 Å². The number of carbonyl (C=O) groups excluding carboxylic acids is 3. The third-order valence-electron chi connectivity index (χ3n) is 3.38. The Morgan fingerprint density at radius 2 is 1.83 bits per heavy atom. The number of hydroxylamine groups is 2. The zero-order valence-electron chi connectivity index (χ0n) is 12.2. The van der Waals surface area contributed by atoms with Crippen molar-refractivity contribution >= 4 is 27.9 Å². The molecule has 1 aliphatic heterocycles. The third kappa shape index (κ3) is 3.93. The fourth-order valence-corrected chi connectivity index (χ4v) is 2.79. The fraction of sp³-hybridized carbons (Fsp3) is 0.357. The zero-order chi connectivity index (χ0) is 17.2. The Morgan fingerprint density at radius 1 is 1.26 bits per heavy atom. The molecule has 0 N–H and O–H groups in total. The Labute approximate surface area is 132 Å². The van der Waals surface area contributed by atoms with Crippen LogP contribution in [0.3, 0.4) is 0 Å². The van der Waals surface area contributed by atoms with Gasteiger partial charge in [0, 0.05) is 0 Å². The van der Waals surface area contributed by atoms with Gasteiger partial charge in [-0.05, 0) is 17.5 Å². The maximum atomic E-state index is 11.8. The van der Waals surface area contributed by atoms with Crippen molar-refractivity contribution in [3.05, 3.63) is 35.4 Å². The molecule has 124 valence electrons. The lowest BCUT2D eigenvalue weighted by atomic mass is 10.1. The number of hydrogen-bond acceptors (Lipinski definition) is 7. The Kier molecular flexibility index (Phi) is 4.81. The molecule has 0 saturated carbocycles. The molecule has 1 aromatic carbocycles. The number of nitrogens with zero attached hydrogens (tertiary/aromatic N) is 1. The van der Waals surface area contributed by atoms with Crippen molar-refractivity contribution in [1.82, 2.24) is 5.06 Å². The average Bonchev–Trinajstić information content (AvgIpc) is 2.76. The highest BCUT2D eigenvalue weighted by Gasteiger charge is 2.45. The van der Waals surface area contributed by atoms with E-state index in [0.717, 1.165) is 12.0 Å². The van der Waals surface area contributed by atoms with E-state index in [4.69, 9.17) is 0 Å². The van der Waals surface area contributed by atoms with Gasteiger partial charge in [0.2, 0.25) is 0 Å². The summed E-state index contributed by atoms with van der Waals surface area (Å²) in [5.74, 6) is -3.27. The predicted octanol–water partition coefficient (Wildman–Crippen LogP) is -0.0776. The Balaban J connectivity index is 2.02. The summed E-state index contributed by atoms with van der Waals surface area (Å²) in [6.07, 6.45) is -0.175. The molecule has 9 heteroatoms. The Bertz CT molecular complexity index is 739. The first-order chi connectivity index (χ1) is 10.7. The van der Waals surface area contributed by atoms with Gasteiger partial charge in [-0.2, -0.15) is 0 Å². The van der Waals surface area contributed by atoms with E-state index in [1.54, 1.807) is 12.1 Å². The molecule has 1 atom stereocenters. The summed E-state index contributed by atoms with van der Waals surface area (Å²) in [7, 11) is -4.97. The molecule has 1 aromatic rings. The minimum atomic E-state index is -4.97.